The first-order valence-electron chi connectivity index (χ1n) is 11.0. The van der Waals surface area contributed by atoms with Gasteiger partial charge in [-0.1, -0.05) is 55.0 Å². The fourth-order valence-corrected chi connectivity index (χ4v) is 4.52. The summed E-state index contributed by atoms with van der Waals surface area (Å²) in [5.41, 5.74) is 2.20. The molecule has 0 bridgehead atoms. The molecule has 1 aliphatic carbocycles. The second-order valence-electron chi connectivity index (χ2n) is 8.66. The average molecular weight is 473 g/mol. The zero-order valence-corrected chi connectivity index (χ0v) is 19.8. The minimum absolute atomic E-state index is 0.0917. The summed E-state index contributed by atoms with van der Waals surface area (Å²) in [7, 11) is 0. The number of urea groups is 1. The molecule has 1 aromatic carbocycles. The van der Waals surface area contributed by atoms with E-state index in [1.807, 2.05) is 32.9 Å². The van der Waals surface area contributed by atoms with Gasteiger partial charge in [0.15, 0.2) is 5.69 Å². The topological polar surface area (TPSA) is 120 Å². The Morgan fingerprint density at radius 3 is 2.15 bits per heavy atom. The molecule has 1 heterocycles. The van der Waals surface area contributed by atoms with Gasteiger partial charge in [0, 0.05) is 11.9 Å². The number of aliphatic carboxylic acids is 1. The number of aryl methyl sites for hydroxylation is 3. The van der Waals surface area contributed by atoms with Crippen LogP contribution in [0.5, 0.6) is 0 Å². The van der Waals surface area contributed by atoms with E-state index in [0.29, 0.717) is 31.4 Å². The van der Waals surface area contributed by atoms with Gasteiger partial charge in [-0.15, -0.1) is 0 Å². The molecule has 9 heteroatoms. The van der Waals surface area contributed by atoms with E-state index in [9.17, 15) is 19.5 Å². The Bertz CT molecular complexity index is 1060. The number of carboxylic acid groups (broad SMARTS) is 1. The van der Waals surface area contributed by atoms with Crippen LogP contribution in [0.3, 0.4) is 0 Å². The number of rotatable bonds is 5. The molecular formula is C24H29ClN4O4. The quantitative estimate of drug-likeness (QED) is 0.445. The predicted molar refractivity (Wildman–Crippen MR) is 128 cm³/mol. The lowest BCUT2D eigenvalue weighted by Gasteiger charge is -2.29. The Balaban J connectivity index is 1.83. The average Bonchev–Trinajstić information content (AvgIpc) is 2.97. The van der Waals surface area contributed by atoms with Gasteiger partial charge in [0.05, 0.1) is 10.7 Å². The number of carbonyl (C=O) groups is 3. The van der Waals surface area contributed by atoms with Gasteiger partial charge >= 0.3 is 12.0 Å². The number of benzene rings is 1. The smallest absolute Gasteiger partial charge is 0.329 e. The van der Waals surface area contributed by atoms with Crippen LogP contribution in [0.25, 0.3) is 0 Å². The van der Waals surface area contributed by atoms with Crippen molar-refractivity contribution in [3.8, 4) is 0 Å². The molecule has 8 nitrogen and oxygen atoms in total. The predicted octanol–water partition coefficient (Wildman–Crippen LogP) is 5.21. The number of amides is 3. The maximum Gasteiger partial charge on any atom is 0.329 e. The number of nitrogens with one attached hydrogen (secondary N) is 3. The minimum Gasteiger partial charge on any atom is -0.480 e. The lowest BCUT2D eigenvalue weighted by molar-refractivity contribution is -0.145. The molecule has 0 spiro atoms. The molecule has 33 heavy (non-hydrogen) atoms. The highest BCUT2D eigenvalue weighted by Gasteiger charge is 2.40. The highest BCUT2D eigenvalue weighted by atomic mass is 35.5. The van der Waals surface area contributed by atoms with Crippen molar-refractivity contribution in [2.45, 2.75) is 64.8 Å². The summed E-state index contributed by atoms with van der Waals surface area (Å²) in [6.45, 7) is 5.77. The molecule has 3 rings (SSSR count). The van der Waals surface area contributed by atoms with Crippen molar-refractivity contribution in [1.82, 2.24) is 10.3 Å². The normalized spacial score (nSPS) is 15.3. The zero-order valence-electron chi connectivity index (χ0n) is 19.0. The molecule has 2 aromatic rings. The third-order valence-electron chi connectivity index (χ3n) is 5.95. The lowest BCUT2D eigenvalue weighted by atomic mass is 9.90. The summed E-state index contributed by atoms with van der Waals surface area (Å²) in [6.07, 6.45) is 5.25. The number of aromatic nitrogens is 1. The van der Waals surface area contributed by atoms with Crippen molar-refractivity contribution in [3.05, 3.63) is 51.8 Å². The van der Waals surface area contributed by atoms with Crippen LogP contribution >= 0.6 is 11.6 Å². The first-order valence-corrected chi connectivity index (χ1v) is 11.4. The second kappa shape index (κ2) is 10.2. The molecule has 176 valence electrons. The standard InChI is InChI=1S/C24H29ClN4O4/c1-14-10-15(2)19(16(3)11-14)28-23(33)27-18-12-17(25)13-26-20(18)21(30)29-24(22(31)32)8-6-4-5-7-9-24/h10-13H,4-9H2,1-3H3,(H,29,30)(H,31,32)(H2,27,28,33). The van der Waals surface area contributed by atoms with Crippen molar-refractivity contribution in [3.63, 3.8) is 0 Å². The number of pyridine rings is 1. The maximum absolute atomic E-state index is 13.1. The second-order valence-corrected chi connectivity index (χ2v) is 9.09. The van der Waals surface area contributed by atoms with Gasteiger partial charge in [-0.25, -0.2) is 14.6 Å². The summed E-state index contributed by atoms with van der Waals surface area (Å²) in [5, 5.41) is 18.2. The fourth-order valence-electron chi connectivity index (χ4n) is 4.36. The summed E-state index contributed by atoms with van der Waals surface area (Å²) in [5.74, 6) is -1.74. The summed E-state index contributed by atoms with van der Waals surface area (Å²) in [4.78, 5) is 42.0. The zero-order chi connectivity index (χ0) is 24.2. The molecule has 1 aromatic heterocycles. The van der Waals surface area contributed by atoms with Crippen LogP contribution in [0.1, 0.15) is 65.7 Å². The van der Waals surface area contributed by atoms with E-state index in [1.165, 1.54) is 12.3 Å². The SMILES string of the molecule is Cc1cc(C)c(NC(=O)Nc2cc(Cl)cnc2C(=O)NC2(C(=O)O)CCCCCC2)c(C)c1. The largest absolute Gasteiger partial charge is 0.480 e. The van der Waals surface area contributed by atoms with E-state index >= 15 is 0 Å². The molecule has 4 N–H and O–H groups in total. The van der Waals surface area contributed by atoms with Crippen LogP contribution in [-0.4, -0.2) is 33.5 Å². The van der Waals surface area contributed by atoms with Crippen LogP contribution in [-0.2, 0) is 4.79 Å². The highest BCUT2D eigenvalue weighted by Crippen LogP contribution is 2.29. The van der Waals surface area contributed by atoms with Crippen molar-refractivity contribution in [1.29, 1.82) is 0 Å². The Hall–Kier alpha value is -3.13. The molecular weight excluding hydrogens is 444 g/mol. The number of halogens is 1. The third-order valence-corrected chi connectivity index (χ3v) is 6.16. The van der Waals surface area contributed by atoms with E-state index in [1.54, 1.807) is 0 Å². The van der Waals surface area contributed by atoms with Gasteiger partial charge in [-0.3, -0.25) is 4.79 Å². The van der Waals surface area contributed by atoms with Crippen molar-refractivity contribution < 1.29 is 19.5 Å². The maximum atomic E-state index is 13.1. The third kappa shape index (κ3) is 5.82. The van der Waals surface area contributed by atoms with Gasteiger partial charge in [-0.05, 0) is 50.8 Å². The number of nitrogens with zero attached hydrogens (tertiary/aromatic N) is 1. The number of hydrogen-bond donors (Lipinski definition) is 4. The van der Waals surface area contributed by atoms with E-state index in [4.69, 9.17) is 11.6 Å². The Morgan fingerprint density at radius 2 is 1.58 bits per heavy atom. The van der Waals surface area contributed by atoms with Crippen LogP contribution in [0, 0.1) is 20.8 Å². The molecule has 1 fully saturated rings. The van der Waals surface area contributed by atoms with Crippen LogP contribution in [0.4, 0.5) is 16.2 Å². The van der Waals surface area contributed by atoms with E-state index in [-0.39, 0.29) is 16.4 Å². The van der Waals surface area contributed by atoms with Crippen LogP contribution in [0.15, 0.2) is 24.4 Å². The summed E-state index contributed by atoms with van der Waals surface area (Å²) >= 11 is 6.06. The van der Waals surface area contributed by atoms with Gasteiger partial charge in [0.2, 0.25) is 0 Å². The molecule has 1 aliphatic rings. The molecule has 0 saturated heterocycles. The fraction of sp³-hybridized carbons (Fsp3) is 0.417. The summed E-state index contributed by atoms with van der Waals surface area (Å²) < 4.78 is 0. The van der Waals surface area contributed by atoms with Crippen molar-refractivity contribution >= 4 is 40.9 Å². The molecule has 1 saturated carbocycles. The lowest BCUT2D eigenvalue weighted by Crippen LogP contribution is -2.54. The molecule has 0 unspecified atom stereocenters. The van der Waals surface area contributed by atoms with E-state index < -0.39 is 23.4 Å². The first kappa shape index (κ1) is 24.5. The van der Waals surface area contributed by atoms with Gasteiger partial charge in [0.25, 0.3) is 5.91 Å². The highest BCUT2D eigenvalue weighted by molar-refractivity contribution is 6.31. The minimum atomic E-state index is -1.36. The molecule has 0 aliphatic heterocycles. The van der Waals surface area contributed by atoms with Crippen LogP contribution in [0.2, 0.25) is 5.02 Å². The van der Waals surface area contributed by atoms with E-state index in [0.717, 1.165) is 29.5 Å². The number of carbonyl (C=O) groups excluding carboxylic acids is 2. The Morgan fingerprint density at radius 1 is 0.970 bits per heavy atom. The Labute approximate surface area is 198 Å². The van der Waals surface area contributed by atoms with E-state index in [2.05, 4.69) is 20.9 Å². The molecule has 0 radical (unpaired) electrons. The van der Waals surface area contributed by atoms with Crippen LogP contribution < -0.4 is 16.0 Å². The molecule has 0 atom stereocenters. The van der Waals surface area contributed by atoms with Gasteiger partial charge in [-0.2, -0.15) is 0 Å². The first-order chi connectivity index (χ1) is 15.6. The molecule has 3 amide bonds. The number of hydrogen-bond acceptors (Lipinski definition) is 4. The van der Waals surface area contributed by atoms with Crippen molar-refractivity contribution in [2.75, 3.05) is 10.6 Å². The number of carboxylic acids is 1. The summed E-state index contributed by atoms with van der Waals surface area (Å²) in [6, 6.07) is 4.77. The van der Waals surface area contributed by atoms with Crippen molar-refractivity contribution in [2.24, 2.45) is 0 Å². The number of anilines is 2. The van der Waals surface area contributed by atoms with Gasteiger partial charge in [0.1, 0.15) is 5.54 Å². The van der Waals surface area contributed by atoms with Gasteiger partial charge < -0.3 is 21.1 Å². The monoisotopic (exact) mass is 472 g/mol. The Kier molecular flexibility index (Phi) is 7.58.